The number of ether oxygens (including phenoxy) is 2. The number of carbonyl (C=O) groups is 2. The number of hydrogen-bond acceptors (Lipinski definition) is 4. The molecule has 5 heteroatoms. The zero-order valence-corrected chi connectivity index (χ0v) is 21.1. The molecule has 1 fully saturated rings. The number of rotatable bonds is 9. The van der Waals surface area contributed by atoms with Gasteiger partial charge in [-0.05, 0) is 57.2 Å². The number of nitrogens with zero attached hydrogens (tertiary/aromatic N) is 1. The monoisotopic (exact) mass is 473 g/mol. The molecule has 0 radical (unpaired) electrons. The van der Waals surface area contributed by atoms with Crippen molar-refractivity contribution >= 4 is 12.0 Å². The molecule has 1 saturated heterocycles. The van der Waals surface area contributed by atoms with Crippen LogP contribution in [0.1, 0.15) is 57.7 Å². The first kappa shape index (κ1) is 26.2. The second-order valence-electron chi connectivity index (χ2n) is 9.08. The maximum Gasteiger partial charge on any atom is 0.417 e. The summed E-state index contributed by atoms with van der Waals surface area (Å²) >= 11 is 0. The molecule has 184 valence electrons. The Morgan fingerprint density at radius 1 is 1.14 bits per heavy atom. The summed E-state index contributed by atoms with van der Waals surface area (Å²) in [6.07, 6.45) is 2.51. The lowest BCUT2D eigenvalue weighted by molar-refractivity contribution is -0.139. The van der Waals surface area contributed by atoms with E-state index in [0.717, 1.165) is 24.0 Å². The van der Waals surface area contributed by atoms with Gasteiger partial charge in [0.05, 0.1) is 5.92 Å². The van der Waals surface area contributed by atoms with E-state index in [1.807, 2.05) is 74.5 Å². The topological polar surface area (TPSA) is 55.8 Å². The minimum Gasteiger partial charge on any atom is -0.446 e. The molecule has 1 aliphatic rings. The van der Waals surface area contributed by atoms with Crippen LogP contribution in [0.4, 0.5) is 4.79 Å². The van der Waals surface area contributed by atoms with Gasteiger partial charge in [-0.25, -0.2) is 9.69 Å². The maximum atomic E-state index is 14.1. The van der Waals surface area contributed by atoms with E-state index in [-0.39, 0.29) is 18.4 Å². The van der Waals surface area contributed by atoms with Crippen LogP contribution in [0.3, 0.4) is 0 Å². The van der Waals surface area contributed by atoms with Crippen LogP contribution in [0, 0.1) is 23.7 Å². The van der Waals surface area contributed by atoms with Crippen LogP contribution in [-0.2, 0) is 14.3 Å². The number of amides is 2. The zero-order valence-electron chi connectivity index (χ0n) is 21.1. The Morgan fingerprint density at radius 3 is 2.43 bits per heavy atom. The molecular formula is C30H35NO4. The molecule has 2 unspecified atom stereocenters. The number of benzene rings is 2. The van der Waals surface area contributed by atoms with Gasteiger partial charge in [0, 0.05) is 12.2 Å². The molecule has 1 heterocycles. The van der Waals surface area contributed by atoms with Gasteiger partial charge < -0.3 is 9.47 Å². The standard InChI is InChI=1S/C30H35NO4/c1-5-34-27(20-19-24-15-8-6-9-16-24)28(23(4)14-12-13-22(2)3)29(32)31-26(21-35-30(31)33)25-17-10-7-11-18-25/h6-11,13,15-18,23,26-28H,5,12,14,21H2,1-4H3/t23-,26-,27?,28?/m1/s1. The normalized spacial score (nSPS) is 17.5. The van der Waals surface area contributed by atoms with Crippen LogP contribution in [0.5, 0.6) is 0 Å². The first-order valence-corrected chi connectivity index (χ1v) is 12.3. The molecule has 0 bridgehead atoms. The molecule has 0 spiro atoms. The number of cyclic esters (lactones) is 1. The van der Waals surface area contributed by atoms with Crippen molar-refractivity contribution in [3.8, 4) is 11.8 Å². The zero-order chi connectivity index (χ0) is 25.2. The van der Waals surface area contributed by atoms with Crippen molar-refractivity contribution in [2.24, 2.45) is 11.8 Å². The molecule has 5 nitrogen and oxygen atoms in total. The molecule has 3 rings (SSSR count). The van der Waals surface area contributed by atoms with Crippen LogP contribution in [0.15, 0.2) is 72.3 Å². The fourth-order valence-electron chi connectivity index (χ4n) is 4.32. The summed E-state index contributed by atoms with van der Waals surface area (Å²) in [6, 6.07) is 18.7. The highest BCUT2D eigenvalue weighted by Crippen LogP contribution is 2.33. The summed E-state index contributed by atoms with van der Waals surface area (Å²) < 4.78 is 11.4. The molecule has 0 aromatic heterocycles. The Kier molecular flexibility index (Phi) is 9.69. The van der Waals surface area contributed by atoms with Gasteiger partial charge in [0.15, 0.2) is 0 Å². The third kappa shape index (κ3) is 7.07. The Morgan fingerprint density at radius 2 is 1.80 bits per heavy atom. The van der Waals surface area contributed by atoms with Gasteiger partial charge in [-0.2, -0.15) is 0 Å². The average Bonchev–Trinajstić information content (AvgIpc) is 3.25. The van der Waals surface area contributed by atoms with Crippen molar-refractivity contribution in [2.75, 3.05) is 13.2 Å². The predicted molar refractivity (Wildman–Crippen MR) is 137 cm³/mol. The first-order chi connectivity index (χ1) is 16.9. The Hall–Kier alpha value is -3.36. The summed E-state index contributed by atoms with van der Waals surface area (Å²) in [4.78, 5) is 28.1. The number of imide groups is 1. The first-order valence-electron chi connectivity index (χ1n) is 12.3. The minimum atomic E-state index is -0.653. The Balaban J connectivity index is 1.97. The van der Waals surface area contributed by atoms with Crippen LogP contribution in [0.25, 0.3) is 0 Å². The van der Waals surface area contributed by atoms with Gasteiger partial charge >= 0.3 is 6.09 Å². The van der Waals surface area contributed by atoms with Gasteiger partial charge in [0.25, 0.3) is 0 Å². The highest BCUT2D eigenvalue weighted by molar-refractivity contribution is 5.95. The summed E-state index contributed by atoms with van der Waals surface area (Å²) in [6.45, 7) is 8.60. The molecule has 35 heavy (non-hydrogen) atoms. The average molecular weight is 474 g/mol. The Bertz CT molecular complexity index is 1060. The number of allylic oxidation sites excluding steroid dienone is 2. The van der Waals surface area contributed by atoms with E-state index in [9.17, 15) is 9.59 Å². The van der Waals surface area contributed by atoms with E-state index in [4.69, 9.17) is 9.47 Å². The van der Waals surface area contributed by atoms with E-state index in [1.54, 1.807) is 0 Å². The minimum absolute atomic E-state index is 0.0652. The molecule has 0 saturated carbocycles. The second kappa shape index (κ2) is 12.9. The van der Waals surface area contributed by atoms with E-state index >= 15 is 0 Å². The SMILES string of the molecule is CCOC(C#Cc1ccccc1)C(C(=O)N1C(=O)OC[C@@H]1c1ccccc1)[C@H](C)CCC=C(C)C. The fourth-order valence-corrected chi connectivity index (χ4v) is 4.32. The summed E-state index contributed by atoms with van der Waals surface area (Å²) in [5, 5.41) is 0. The van der Waals surface area contributed by atoms with Crippen LogP contribution < -0.4 is 0 Å². The fraction of sp³-hybridized carbons (Fsp3) is 0.400. The molecule has 2 amide bonds. The Labute approximate surface area is 209 Å². The lowest BCUT2D eigenvalue weighted by atomic mass is 9.83. The third-order valence-corrected chi connectivity index (χ3v) is 6.17. The number of hydrogen-bond donors (Lipinski definition) is 0. The van der Waals surface area contributed by atoms with Crippen molar-refractivity contribution in [3.05, 3.63) is 83.4 Å². The van der Waals surface area contributed by atoms with Crippen LogP contribution in [0.2, 0.25) is 0 Å². The summed E-state index contributed by atoms with van der Waals surface area (Å²) in [5.74, 6) is 5.39. The van der Waals surface area contributed by atoms with Crippen molar-refractivity contribution in [2.45, 2.75) is 52.7 Å². The molecule has 4 atom stereocenters. The van der Waals surface area contributed by atoms with Crippen LogP contribution in [-0.4, -0.2) is 36.2 Å². The molecule has 0 aliphatic carbocycles. The van der Waals surface area contributed by atoms with Crippen LogP contribution >= 0.6 is 0 Å². The smallest absolute Gasteiger partial charge is 0.417 e. The van der Waals surface area contributed by atoms with Crippen molar-refractivity contribution in [3.63, 3.8) is 0 Å². The van der Waals surface area contributed by atoms with Gasteiger partial charge in [0.2, 0.25) is 5.91 Å². The second-order valence-corrected chi connectivity index (χ2v) is 9.08. The molecular weight excluding hydrogens is 438 g/mol. The lowest BCUT2D eigenvalue weighted by Crippen LogP contribution is -2.46. The van der Waals surface area contributed by atoms with Crippen molar-refractivity contribution in [1.29, 1.82) is 0 Å². The van der Waals surface area contributed by atoms with Gasteiger partial charge in [-0.15, -0.1) is 0 Å². The van der Waals surface area contributed by atoms with E-state index in [0.29, 0.717) is 6.61 Å². The highest BCUT2D eigenvalue weighted by atomic mass is 16.6. The summed E-state index contributed by atoms with van der Waals surface area (Å²) in [7, 11) is 0. The number of carbonyl (C=O) groups excluding carboxylic acids is 2. The molecule has 0 N–H and O–H groups in total. The maximum absolute atomic E-state index is 14.1. The van der Waals surface area contributed by atoms with Gasteiger partial charge in [-0.1, -0.05) is 78.9 Å². The van der Waals surface area contributed by atoms with Gasteiger partial charge in [0.1, 0.15) is 18.8 Å². The summed E-state index contributed by atoms with van der Waals surface area (Å²) in [5.41, 5.74) is 2.95. The molecule has 1 aliphatic heterocycles. The van der Waals surface area contributed by atoms with E-state index in [2.05, 4.69) is 31.8 Å². The van der Waals surface area contributed by atoms with Gasteiger partial charge in [-0.3, -0.25) is 4.79 Å². The highest BCUT2D eigenvalue weighted by Gasteiger charge is 2.45. The van der Waals surface area contributed by atoms with Crippen molar-refractivity contribution in [1.82, 2.24) is 4.90 Å². The lowest BCUT2D eigenvalue weighted by Gasteiger charge is -2.31. The largest absolute Gasteiger partial charge is 0.446 e. The quantitative estimate of drug-likeness (QED) is 0.323. The van der Waals surface area contributed by atoms with E-state index in [1.165, 1.54) is 10.5 Å². The molecule has 2 aromatic rings. The third-order valence-electron chi connectivity index (χ3n) is 6.17. The van der Waals surface area contributed by atoms with Crippen molar-refractivity contribution < 1.29 is 19.1 Å². The molecule has 2 aromatic carbocycles. The van der Waals surface area contributed by atoms with E-state index < -0.39 is 24.2 Å². The predicted octanol–water partition coefficient (Wildman–Crippen LogP) is 6.16.